The molecule has 0 aliphatic heterocycles. The van der Waals surface area contributed by atoms with Crippen LogP contribution < -0.4 is 10.5 Å². The number of benzene rings is 2. The van der Waals surface area contributed by atoms with Crippen molar-refractivity contribution in [2.45, 2.75) is 43.7 Å². The van der Waals surface area contributed by atoms with Crippen molar-refractivity contribution in [2.24, 2.45) is 5.73 Å². The number of ether oxygens (including phenoxy) is 1. The number of rotatable bonds is 3. The Kier molecular flexibility index (Phi) is 3.00. The standard InChI is InChI=1S/C19H21NO/c20-18-12-19(18)10-4-7-15-11-16(8-9-17(15)19)21-13-14-5-2-1-3-6-14/h1-3,5-6,8-9,11,18H,4,7,10,12-13,20H2/t18-,19?/m1/s1. The molecule has 2 N–H and O–H groups in total. The lowest BCUT2D eigenvalue weighted by atomic mass is 9.79. The van der Waals surface area contributed by atoms with Gasteiger partial charge in [0.25, 0.3) is 0 Å². The molecule has 2 atom stereocenters. The van der Waals surface area contributed by atoms with Crippen LogP contribution in [-0.2, 0) is 18.4 Å². The van der Waals surface area contributed by atoms with Crippen LogP contribution in [-0.4, -0.2) is 6.04 Å². The number of aryl methyl sites for hydroxylation is 1. The first-order chi connectivity index (χ1) is 10.3. The monoisotopic (exact) mass is 279 g/mol. The van der Waals surface area contributed by atoms with Crippen LogP contribution in [0.4, 0.5) is 0 Å². The Morgan fingerprint density at radius 1 is 1.14 bits per heavy atom. The third kappa shape index (κ3) is 2.24. The van der Waals surface area contributed by atoms with Crippen molar-refractivity contribution >= 4 is 0 Å². The van der Waals surface area contributed by atoms with Crippen LogP contribution in [0.15, 0.2) is 48.5 Å². The lowest BCUT2D eigenvalue weighted by molar-refractivity contribution is 0.305. The molecule has 2 aromatic carbocycles. The molecule has 0 bridgehead atoms. The van der Waals surface area contributed by atoms with E-state index >= 15 is 0 Å². The van der Waals surface area contributed by atoms with Crippen molar-refractivity contribution in [1.82, 2.24) is 0 Å². The molecule has 108 valence electrons. The van der Waals surface area contributed by atoms with Gasteiger partial charge in [-0.05, 0) is 54.5 Å². The van der Waals surface area contributed by atoms with Gasteiger partial charge in [0, 0.05) is 11.5 Å². The van der Waals surface area contributed by atoms with Crippen molar-refractivity contribution in [3.05, 3.63) is 65.2 Å². The minimum atomic E-state index is 0.297. The number of hydrogen-bond acceptors (Lipinski definition) is 2. The first-order valence-electron chi connectivity index (χ1n) is 7.84. The summed E-state index contributed by atoms with van der Waals surface area (Å²) in [5.74, 6) is 0.976. The molecule has 0 aromatic heterocycles. The molecule has 0 saturated heterocycles. The molecule has 1 spiro atoms. The molecule has 2 aliphatic carbocycles. The summed E-state index contributed by atoms with van der Waals surface area (Å²) in [5, 5.41) is 0. The molecular weight excluding hydrogens is 258 g/mol. The first kappa shape index (κ1) is 12.9. The van der Waals surface area contributed by atoms with Gasteiger partial charge >= 0.3 is 0 Å². The van der Waals surface area contributed by atoms with E-state index in [0.29, 0.717) is 18.1 Å². The van der Waals surface area contributed by atoms with Gasteiger partial charge in [0.05, 0.1) is 0 Å². The van der Waals surface area contributed by atoms with E-state index in [1.165, 1.54) is 29.5 Å². The molecular formula is C19H21NO. The zero-order chi connectivity index (χ0) is 14.3. The predicted octanol–water partition coefficient (Wildman–Crippen LogP) is 3.57. The maximum absolute atomic E-state index is 6.19. The highest BCUT2D eigenvalue weighted by molar-refractivity contribution is 5.47. The molecule has 0 heterocycles. The van der Waals surface area contributed by atoms with Gasteiger partial charge in [-0.15, -0.1) is 0 Å². The van der Waals surface area contributed by atoms with E-state index in [4.69, 9.17) is 10.5 Å². The maximum atomic E-state index is 6.19. The summed E-state index contributed by atoms with van der Waals surface area (Å²) < 4.78 is 5.94. The highest BCUT2D eigenvalue weighted by Crippen LogP contribution is 2.54. The van der Waals surface area contributed by atoms with Gasteiger partial charge in [0.1, 0.15) is 12.4 Å². The van der Waals surface area contributed by atoms with E-state index in [0.717, 1.165) is 18.6 Å². The smallest absolute Gasteiger partial charge is 0.120 e. The Bertz CT molecular complexity index is 652. The second kappa shape index (κ2) is 4.88. The summed E-state index contributed by atoms with van der Waals surface area (Å²) in [7, 11) is 0. The van der Waals surface area contributed by atoms with Gasteiger partial charge in [0.2, 0.25) is 0 Å². The zero-order valence-corrected chi connectivity index (χ0v) is 12.2. The summed E-state index contributed by atoms with van der Waals surface area (Å²) >= 11 is 0. The van der Waals surface area contributed by atoms with E-state index in [2.05, 4.69) is 30.3 Å². The van der Waals surface area contributed by atoms with Crippen LogP contribution in [0.5, 0.6) is 5.75 Å². The SMILES string of the molecule is N[C@@H]1CC12CCCc1cc(OCc3ccccc3)ccc12. The van der Waals surface area contributed by atoms with Gasteiger partial charge < -0.3 is 10.5 Å². The van der Waals surface area contributed by atoms with Gasteiger partial charge in [-0.2, -0.15) is 0 Å². The van der Waals surface area contributed by atoms with Crippen LogP contribution in [0.1, 0.15) is 36.0 Å². The average Bonchev–Trinajstić information content (AvgIpc) is 3.16. The lowest BCUT2D eigenvalue weighted by Crippen LogP contribution is -2.23. The molecule has 0 radical (unpaired) electrons. The van der Waals surface area contributed by atoms with Crippen molar-refractivity contribution < 1.29 is 4.74 Å². The number of nitrogens with two attached hydrogens (primary N) is 1. The fourth-order valence-electron chi connectivity index (χ4n) is 3.75. The fraction of sp³-hybridized carbons (Fsp3) is 0.368. The minimum absolute atomic E-state index is 0.297. The molecule has 2 nitrogen and oxygen atoms in total. The first-order valence-corrected chi connectivity index (χ1v) is 7.84. The van der Waals surface area contributed by atoms with E-state index < -0.39 is 0 Å². The van der Waals surface area contributed by atoms with E-state index in [9.17, 15) is 0 Å². The molecule has 2 aliphatic rings. The zero-order valence-electron chi connectivity index (χ0n) is 12.2. The van der Waals surface area contributed by atoms with Crippen molar-refractivity contribution in [3.8, 4) is 5.75 Å². The second-order valence-electron chi connectivity index (χ2n) is 6.41. The quantitative estimate of drug-likeness (QED) is 0.932. The van der Waals surface area contributed by atoms with Crippen LogP contribution >= 0.6 is 0 Å². The summed E-state index contributed by atoms with van der Waals surface area (Å²) in [5.41, 5.74) is 10.6. The topological polar surface area (TPSA) is 35.2 Å². The van der Waals surface area contributed by atoms with Crippen LogP contribution in [0.3, 0.4) is 0 Å². The number of fused-ring (bicyclic) bond motifs is 2. The summed E-state index contributed by atoms with van der Waals surface area (Å²) in [6.45, 7) is 0.629. The largest absolute Gasteiger partial charge is 0.489 e. The van der Waals surface area contributed by atoms with E-state index in [1.807, 2.05) is 18.2 Å². The normalized spacial score (nSPS) is 26.4. The minimum Gasteiger partial charge on any atom is -0.489 e. The molecule has 0 amide bonds. The molecule has 21 heavy (non-hydrogen) atoms. The molecule has 1 unspecified atom stereocenters. The lowest BCUT2D eigenvalue weighted by Gasteiger charge is -2.26. The summed E-state index contributed by atoms with van der Waals surface area (Å²) in [4.78, 5) is 0. The third-order valence-corrected chi connectivity index (χ3v) is 5.06. The third-order valence-electron chi connectivity index (χ3n) is 5.06. The molecule has 2 aromatic rings. The van der Waals surface area contributed by atoms with Crippen LogP contribution in [0, 0.1) is 0 Å². The Morgan fingerprint density at radius 3 is 2.71 bits per heavy atom. The van der Waals surface area contributed by atoms with Gasteiger partial charge in [0.15, 0.2) is 0 Å². The van der Waals surface area contributed by atoms with Gasteiger partial charge in [-0.25, -0.2) is 0 Å². The van der Waals surface area contributed by atoms with Crippen molar-refractivity contribution in [2.75, 3.05) is 0 Å². The van der Waals surface area contributed by atoms with Gasteiger partial charge in [-0.3, -0.25) is 0 Å². The number of hydrogen-bond donors (Lipinski definition) is 1. The fourth-order valence-corrected chi connectivity index (χ4v) is 3.75. The molecule has 1 fully saturated rings. The Balaban J connectivity index is 1.53. The average molecular weight is 279 g/mol. The highest BCUT2D eigenvalue weighted by Gasteiger charge is 2.54. The second-order valence-corrected chi connectivity index (χ2v) is 6.41. The van der Waals surface area contributed by atoms with E-state index in [1.54, 1.807) is 0 Å². The van der Waals surface area contributed by atoms with Crippen LogP contribution in [0.25, 0.3) is 0 Å². The maximum Gasteiger partial charge on any atom is 0.120 e. The Hall–Kier alpha value is -1.80. The molecule has 4 rings (SSSR count). The predicted molar refractivity (Wildman–Crippen MR) is 84.4 cm³/mol. The van der Waals surface area contributed by atoms with Crippen LogP contribution in [0.2, 0.25) is 0 Å². The van der Waals surface area contributed by atoms with Gasteiger partial charge in [-0.1, -0.05) is 36.4 Å². The summed E-state index contributed by atoms with van der Waals surface area (Å²) in [6.07, 6.45) is 4.82. The summed E-state index contributed by atoms with van der Waals surface area (Å²) in [6, 6.07) is 17.3. The molecule has 2 heteroatoms. The van der Waals surface area contributed by atoms with Crippen molar-refractivity contribution in [3.63, 3.8) is 0 Å². The Labute approximate surface area is 125 Å². The highest BCUT2D eigenvalue weighted by atomic mass is 16.5. The van der Waals surface area contributed by atoms with Crippen molar-refractivity contribution in [1.29, 1.82) is 0 Å². The van der Waals surface area contributed by atoms with E-state index in [-0.39, 0.29) is 0 Å². The molecule has 1 saturated carbocycles. The Morgan fingerprint density at radius 2 is 1.95 bits per heavy atom.